The number of methoxy groups -OCH3 is 1. The van der Waals surface area contributed by atoms with Crippen molar-refractivity contribution in [3.63, 3.8) is 0 Å². The minimum Gasteiger partial charge on any atom is -0.493 e. The number of ether oxygens (including phenoxy) is 2. The molecule has 2 amide bonds. The lowest BCUT2D eigenvalue weighted by Crippen LogP contribution is -2.41. The topological polar surface area (TPSA) is 76.7 Å². The summed E-state index contributed by atoms with van der Waals surface area (Å²) in [6.45, 7) is 3.98. The van der Waals surface area contributed by atoms with Gasteiger partial charge in [0.25, 0.3) is 11.8 Å². The summed E-state index contributed by atoms with van der Waals surface area (Å²) in [5.74, 6) is 0.480. The molecule has 0 saturated carbocycles. The highest BCUT2D eigenvalue weighted by atomic mass is 32.1. The zero-order chi connectivity index (χ0) is 22.9. The van der Waals surface area contributed by atoms with Crippen LogP contribution in [0.5, 0.6) is 11.5 Å². The van der Waals surface area contributed by atoms with E-state index in [0.29, 0.717) is 17.1 Å². The standard InChI is InChI=1S/C25H26N2O4S/c1-17-8-6-9-19(14-17)24(28)27-21(15-20-10-7-13-32-20)25(29)26-18(2)16-31-23-12-5-4-11-22(23)30-3/h4-15,18H,16H2,1-3H3,(H,26,29)(H,27,28)/b21-15-/t18-/m1/s1. The van der Waals surface area contributed by atoms with E-state index in [2.05, 4.69) is 10.6 Å². The lowest BCUT2D eigenvalue weighted by molar-refractivity contribution is -0.118. The summed E-state index contributed by atoms with van der Waals surface area (Å²) in [5.41, 5.74) is 1.62. The third kappa shape index (κ3) is 6.46. The van der Waals surface area contributed by atoms with E-state index in [4.69, 9.17) is 9.47 Å². The van der Waals surface area contributed by atoms with Crippen LogP contribution in [-0.4, -0.2) is 31.6 Å². The summed E-state index contributed by atoms with van der Waals surface area (Å²) in [5, 5.41) is 7.55. The Kier molecular flexibility index (Phi) is 8.05. The molecule has 3 aromatic rings. The Labute approximate surface area is 191 Å². The molecule has 0 fully saturated rings. The van der Waals surface area contributed by atoms with Crippen molar-refractivity contribution in [2.45, 2.75) is 19.9 Å². The van der Waals surface area contributed by atoms with Crippen molar-refractivity contribution in [2.24, 2.45) is 0 Å². The molecule has 0 saturated heterocycles. The molecule has 0 bridgehead atoms. The van der Waals surface area contributed by atoms with E-state index in [-0.39, 0.29) is 24.3 Å². The molecule has 0 aliphatic carbocycles. The number of benzene rings is 2. The number of hydrogen-bond acceptors (Lipinski definition) is 5. The fourth-order valence-corrected chi connectivity index (χ4v) is 3.61. The van der Waals surface area contributed by atoms with Gasteiger partial charge in [-0.05, 0) is 55.6 Å². The van der Waals surface area contributed by atoms with E-state index >= 15 is 0 Å². The van der Waals surface area contributed by atoms with Crippen LogP contribution in [0.1, 0.15) is 27.7 Å². The Morgan fingerprint density at radius 2 is 1.84 bits per heavy atom. The zero-order valence-electron chi connectivity index (χ0n) is 18.3. The predicted molar refractivity (Wildman–Crippen MR) is 127 cm³/mol. The second-order valence-electron chi connectivity index (χ2n) is 7.23. The van der Waals surface area contributed by atoms with E-state index in [9.17, 15) is 9.59 Å². The highest BCUT2D eigenvalue weighted by molar-refractivity contribution is 7.10. The Hall–Kier alpha value is -3.58. The van der Waals surface area contributed by atoms with Crippen LogP contribution in [0.3, 0.4) is 0 Å². The molecule has 32 heavy (non-hydrogen) atoms. The summed E-state index contributed by atoms with van der Waals surface area (Å²) in [6.07, 6.45) is 1.67. The number of nitrogens with one attached hydrogen (secondary N) is 2. The van der Waals surface area contributed by atoms with E-state index in [1.54, 1.807) is 37.5 Å². The maximum atomic E-state index is 13.0. The Balaban J connectivity index is 1.69. The number of hydrogen-bond donors (Lipinski definition) is 2. The molecule has 2 N–H and O–H groups in total. The average Bonchev–Trinajstić information content (AvgIpc) is 3.30. The fraction of sp³-hybridized carbons (Fsp3) is 0.200. The first-order valence-corrected chi connectivity index (χ1v) is 11.0. The first kappa shape index (κ1) is 23.1. The van der Waals surface area contributed by atoms with Gasteiger partial charge in [-0.15, -0.1) is 11.3 Å². The van der Waals surface area contributed by atoms with Crippen LogP contribution < -0.4 is 20.1 Å². The zero-order valence-corrected chi connectivity index (χ0v) is 19.1. The van der Waals surface area contributed by atoms with Crippen LogP contribution in [0, 0.1) is 6.92 Å². The molecule has 3 rings (SSSR count). The normalized spacial score (nSPS) is 12.0. The summed E-state index contributed by atoms with van der Waals surface area (Å²) in [7, 11) is 1.58. The molecule has 6 nitrogen and oxygen atoms in total. The van der Waals surface area contributed by atoms with Crippen molar-refractivity contribution in [3.05, 3.63) is 87.7 Å². The largest absolute Gasteiger partial charge is 0.493 e. The van der Waals surface area contributed by atoms with E-state index in [0.717, 1.165) is 10.4 Å². The summed E-state index contributed by atoms with van der Waals surface area (Å²) in [4.78, 5) is 26.6. The predicted octanol–water partition coefficient (Wildman–Crippen LogP) is 4.42. The molecule has 2 aromatic carbocycles. The van der Waals surface area contributed by atoms with Gasteiger partial charge >= 0.3 is 0 Å². The van der Waals surface area contributed by atoms with Crippen LogP contribution in [-0.2, 0) is 4.79 Å². The van der Waals surface area contributed by atoms with Crippen molar-refractivity contribution < 1.29 is 19.1 Å². The number of aryl methyl sites for hydroxylation is 1. The molecular formula is C25H26N2O4S. The van der Waals surface area contributed by atoms with Crippen LogP contribution in [0.15, 0.2) is 71.7 Å². The average molecular weight is 451 g/mol. The van der Waals surface area contributed by atoms with E-state index in [1.807, 2.05) is 55.6 Å². The highest BCUT2D eigenvalue weighted by Crippen LogP contribution is 2.25. The van der Waals surface area contributed by atoms with Gasteiger partial charge in [-0.25, -0.2) is 0 Å². The Morgan fingerprint density at radius 1 is 1.06 bits per heavy atom. The number of rotatable bonds is 9. The van der Waals surface area contributed by atoms with Crippen molar-refractivity contribution in [2.75, 3.05) is 13.7 Å². The van der Waals surface area contributed by atoms with Crippen LogP contribution in [0.2, 0.25) is 0 Å². The van der Waals surface area contributed by atoms with Gasteiger partial charge in [0.05, 0.1) is 13.2 Å². The molecule has 1 aromatic heterocycles. The van der Waals surface area contributed by atoms with Gasteiger partial charge in [0.15, 0.2) is 11.5 Å². The number of carbonyl (C=O) groups is 2. The lowest BCUT2D eigenvalue weighted by atomic mass is 10.1. The van der Waals surface area contributed by atoms with Gasteiger partial charge in [-0.2, -0.15) is 0 Å². The summed E-state index contributed by atoms with van der Waals surface area (Å²) in [6, 6.07) is 18.0. The molecule has 0 spiro atoms. The smallest absolute Gasteiger partial charge is 0.268 e. The Bertz CT molecular complexity index is 1090. The van der Waals surface area contributed by atoms with Gasteiger partial charge in [0.2, 0.25) is 0 Å². The first-order valence-electron chi connectivity index (χ1n) is 10.2. The highest BCUT2D eigenvalue weighted by Gasteiger charge is 2.17. The molecule has 1 heterocycles. The van der Waals surface area contributed by atoms with Gasteiger partial charge in [-0.1, -0.05) is 35.9 Å². The number of amides is 2. The van der Waals surface area contributed by atoms with Gasteiger partial charge in [-0.3, -0.25) is 9.59 Å². The number of carbonyl (C=O) groups excluding carboxylic acids is 2. The van der Waals surface area contributed by atoms with Crippen molar-refractivity contribution in [1.29, 1.82) is 0 Å². The maximum Gasteiger partial charge on any atom is 0.268 e. The van der Waals surface area contributed by atoms with E-state index in [1.165, 1.54) is 11.3 Å². The number of para-hydroxylation sites is 2. The summed E-state index contributed by atoms with van der Waals surface area (Å²) < 4.78 is 11.1. The molecule has 166 valence electrons. The minimum absolute atomic E-state index is 0.170. The molecular weight excluding hydrogens is 424 g/mol. The molecule has 1 atom stereocenters. The van der Waals surface area contributed by atoms with Gasteiger partial charge in [0, 0.05) is 10.4 Å². The number of thiophene rings is 1. The lowest BCUT2D eigenvalue weighted by Gasteiger charge is -2.18. The third-order valence-electron chi connectivity index (χ3n) is 4.54. The van der Waals surface area contributed by atoms with Crippen molar-refractivity contribution in [3.8, 4) is 11.5 Å². The van der Waals surface area contributed by atoms with Crippen LogP contribution in [0.25, 0.3) is 6.08 Å². The third-order valence-corrected chi connectivity index (χ3v) is 5.36. The van der Waals surface area contributed by atoms with Crippen LogP contribution >= 0.6 is 11.3 Å². The fourth-order valence-electron chi connectivity index (χ4n) is 2.95. The minimum atomic E-state index is -0.393. The Morgan fingerprint density at radius 3 is 2.53 bits per heavy atom. The van der Waals surface area contributed by atoms with Gasteiger partial charge < -0.3 is 20.1 Å². The second kappa shape index (κ2) is 11.2. The first-order chi connectivity index (χ1) is 15.5. The molecule has 0 aliphatic heterocycles. The monoisotopic (exact) mass is 450 g/mol. The molecule has 0 radical (unpaired) electrons. The second-order valence-corrected chi connectivity index (χ2v) is 8.21. The molecule has 0 unspecified atom stereocenters. The maximum absolute atomic E-state index is 13.0. The molecule has 7 heteroatoms. The van der Waals surface area contributed by atoms with Crippen LogP contribution in [0.4, 0.5) is 0 Å². The molecule has 0 aliphatic rings. The van der Waals surface area contributed by atoms with Crippen molar-refractivity contribution >= 4 is 29.2 Å². The van der Waals surface area contributed by atoms with Crippen molar-refractivity contribution in [1.82, 2.24) is 10.6 Å². The quantitative estimate of drug-likeness (QED) is 0.473. The van der Waals surface area contributed by atoms with E-state index < -0.39 is 5.91 Å². The van der Waals surface area contributed by atoms with Gasteiger partial charge in [0.1, 0.15) is 12.3 Å². The SMILES string of the molecule is COc1ccccc1OC[C@@H](C)NC(=O)/C(=C/c1cccs1)NC(=O)c1cccc(C)c1. The summed E-state index contributed by atoms with van der Waals surface area (Å²) >= 11 is 1.48.